The molecule has 0 spiro atoms. The van der Waals surface area contributed by atoms with Gasteiger partial charge in [-0.3, -0.25) is 4.79 Å². The fourth-order valence-corrected chi connectivity index (χ4v) is 1.87. The number of benzene rings is 2. The van der Waals surface area contributed by atoms with Gasteiger partial charge in [-0.1, -0.05) is 18.2 Å². The zero-order chi connectivity index (χ0) is 14.7. The number of hydrogen-bond acceptors (Lipinski definition) is 2. The van der Waals surface area contributed by atoms with Gasteiger partial charge >= 0.3 is 5.97 Å². The van der Waals surface area contributed by atoms with Gasteiger partial charge in [-0.2, -0.15) is 0 Å². The van der Waals surface area contributed by atoms with Gasteiger partial charge in [0.2, 0.25) is 0 Å². The third-order valence-corrected chi connectivity index (χ3v) is 2.78. The van der Waals surface area contributed by atoms with Crippen LogP contribution in [0.25, 0.3) is 0 Å². The minimum absolute atomic E-state index is 0.00211. The lowest BCUT2D eigenvalue weighted by molar-refractivity contribution is 0.0696. The Morgan fingerprint density at radius 3 is 2.20 bits per heavy atom. The molecule has 0 atom stereocenters. The van der Waals surface area contributed by atoms with Crippen LogP contribution in [0.2, 0.25) is 0 Å². The van der Waals surface area contributed by atoms with Gasteiger partial charge in [0.05, 0.1) is 5.56 Å². The number of hydrogen-bond donors (Lipinski definition) is 1. The summed E-state index contributed by atoms with van der Waals surface area (Å²) in [5.74, 6) is -3.39. The third kappa shape index (κ3) is 3.06. The molecule has 0 aliphatic heterocycles. The number of aromatic carboxylic acids is 1. The van der Waals surface area contributed by atoms with E-state index < -0.39 is 23.4 Å². The Balaban J connectivity index is 2.30. The average Bonchev–Trinajstić information content (AvgIpc) is 2.37. The summed E-state index contributed by atoms with van der Waals surface area (Å²) in [6.07, 6.45) is -0.231. The normalized spacial score (nSPS) is 10.3. The van der Waals surface area contributed by atoms with Crippen LogP contribution in [0.1, 0.15) is 26.3 Å². The van der Waals surface area contributed by atoms with Gasteiger partial charge in [0, 0.05) is 18.1 Å². The van der Waals surface area contributed by atoms with Crippen LogP contribution >= 0.6 is 0 Å². The van der Waals surface area contributed by atoms with Crippen LogP contribution in [-0.4, -0.2) is 16.9 Å². The lowest BCUT2D eigenvalue weighted by atomic mass is 9.99. The minimum atomic E-state index is -1.15. The second kappa shape index (κ2) is 5.61. The maximum absolute atomic E-state index is 13.0. The molecule has 0 unspecified atom stereocenters. The predicted molar refractivity (Wildman–Crippen MR) is 67.8 cm³/mol. The number of carbonyl (C=O) groups excluding carboxylic acids is 1. The van der Waals surface area contributed by atoms with Crippen molar-refractivity contribution in [1.29, 1.82) is 0 Å². The average molecular weight is 276 g/mol. The molecule has 0 heterocycles. The Bertz CT molecular complexity index is 660. The number of rotatable bonds is 4. The molecule has 0 radical (unpaired) electrons. The zero-order valence-corrected chi connectivity index (χ0v) is 10.3. The van der Waals surface area contributed by atoms with Gasteiger partial charge in [0.15, 0.2) is 5.78 Å². The van der Waals surface area contributed by atoms with E-state index in [1.54, 1.807) is 12.1 Å². The molecule has 0 aliphatic rings. The van der Waals surface area contributed by atoms with Gasteiger partial charge in [0.1, 0.15) is 11.6 Å². The van der Waals surface area contributed by atoms with E-state index in [0.717, 1.165) is 12.1 Å². The lowest BCUT2D eigenvalue weighted by Gasteiger charge is -2.05. The quantitative estimate of drug-likeness (QED) is 0.873. The van der Waals surface area contributed by atoms with E-state index in [2.05, 4.69) is 0 Å². The van der Waals surface area contributed by atoms with Crippen molar-refractivity contribution in [2.75, 3.05) is 0 Å². The Kier molecular flexibility index (Phi) is 3.89. The zero-order valence-electron chi connectivity index (χ0n) is 10.3. The lowest BCUT2D eigenvalue weighted by Crippen LogP contribution is -2.09. The molecule has 2 rings (SSSR count). The molecule has 102 valence electrons. The smallest absolute Gasteiger partial charge is 0.335 e. The summed E-state index contributed by atoms with van der Waals surface area (Å²) in [6, 6.07) is 8.53. The van der Waals surface area contributed by atoms with E-state index in [1.807, 2.05) is 0 Å². The summed E-state index contributed by atoms with van der Waals surface area (Å²) in [7, 11) is 0. The summed E-state index contributed by atoms with van der Waals surface area (Å²) in [6.45, 7) is 0. The van der Waals surface area contributed by atoms with Crippen LogP contribution in [0.15, 0.2) is 42.5 Å². The van der Waals surface area contributed by atoms with Crippen molar-refractivity contribution in [2.45, 2.75) is 6.42 Å². The van der Waals surface area contributed by atoms with E-state index in [1.165, 1.54) is 12.1 Å². The number of carboxylic acids is 1. The summed E-state index contributed by atoms with van der Waals surface area (Å²) in [5, 5.41) is 9.01. The SMILES string of the molecule is O=C(Cc1ccccc1C(=O)O)c1cc(F)cc(F)c1. The molecule has 2 aromatic carbocycles. The molecule has 0 aromatic heterocycles. The molecule has 0 aliphatic carbocycles. The molecule has 5 heteroatoms. The Labute approximate surface area is 113 Å². The first-order chi connectivity index (χ1) is 9.47. The number of halogens is 2. The molecule has 0 bridgehead atoms. The molecule has 3 nitrogen and oxygen atoms in total. The highest BCUT2D eigenvalue weighted by molar-refractivity contribution is 5.99. The van der Waals surface area contributed by atoms with Gasteiger partial charge in [-0.25, -0.2) is 13.6 Å². The summed E-state index contributed by atoms with van der Waals surface area (Å²) in [4.78, 5) is 23.0. The first kappa shape index (κ1) is 13.9. The number of Topliss-reactive ketones (excluding diaryl/α,β-unsaturated/α-hetero) is 1. The minimum Gasteiger partial charge on any atom is -0.478 e. The van der Waals surface area contributed by atoms with Gasteiger partial charge in [-0.15, -0.1) is 0 Å². The molecular weight excluding hydrogens is 266 g/mol. The molecule has 0 saturated heterocycles. The van der Waals surface area contributed by atoms with Crippen molar-refractivity contribution < 1.29 is 23.5 Å². The molecule has 20 heavy (non-hydrogen) atoms. The van der Waals surface area contributed by atoms with Crippen molar-refractivity contribution in [3.05, 3.63) is 70.8 Å². The molecule has 0 amide bonds. The first-order valence-electron chi connectivity index (χ1n) is 5.78. The monoisotopic (exact) mass is 276 g/mol. The fourth-order valence-electron chi connectivity index (χ4n) is 1.87. The second-order valence-electron chi connectivity index (χ2n) is 4.22. The molecule has 0 fully saturated rings. The van der Waals surface area contributed by atoms with E-state index >= 15 is 0 Å². The Morgan fingerprint density at radius 1 is 1.00 bits per heavy atom. The van der Waals surface area contributed by atoms with Gasteiger partial charge in [0.25, 0.3) is 0 Å². The molecular formula is C15H10F2O3. The highest BCUT2D eigenvalue weighted by Crippen LogP contribution is 2.15. The second-order valence-corrected chi connectivity index (χ2v) is 4.22. The predicted octanol–water partition coefficient (Wildman–Crippen LogP) is 3.09. The van der Waals surface area contributed by atoms with Crippen LogP contribution in [0.3, 0.4) is 0 Å². The highest BCUT2D eigenvalue weighted by Gasteiger charge is 2.15. The number of ketones is 1. The van der Waals surface area contributed by atoms with Crippen LogP contribution in [-0.2, 0) is 6.42 Å². The van der Waals surface area contributed by atoms with Gasteiger partial charge in [-0.05, 0) is 23.8 Å². The molecule has 2 aromatic rings. The molecule has 0 saturated carbocycles. The maximum atomic E-state index is 13.0. The first-order valence-corrected chi connectivity index (χ1v) is 5.78. The Hall–Kier alpha value is -2.56. The topological polar surface area (TPSA) is 54.4 Å². The van der Waals surface area contributed by atoms with E-state index in [4.69, 9.17) is 5.11 Å². The number of carbonyl (C=O) groups is 2. The highest BCUT2D eigenvalue weighted by atomic mass is 19.1. The van der Waals surface area contributed by atoms with Gasteiger partial charge < -0.3 is 5.11 Å². The van der Waals surface area contributed by atoms with Crippen LogP contribution in [0.4, 0.5) is 8.78 Å². The van der Waals surface area contributed by atoms with Crippen molar-refractivity contribution in [1.82, 2.24) is 0 Å². The number of carboxylic acid groups (broad SMARTS) is 1. The van der Waals surface area contributed by atoms with Crippen molar-refractivity contribution in [3.8, 4) is 0 Å². The van der Waals surface area contributed by atoms with Crippen LogP contribution in [0.5, 0.6) is 0 Å². The van der Waals surface area contributed by atoms with Crippen molar-refractivity contribution in [3.63, 3.8) is 0 Å². The van der Waals surface area contributed by atoms with Crippen molar-refractivity contribution in [2.24, 2.45) is 0 Å². The summed E-state index contributed by atoms with van der Waals surface area (Å²) >= 11 is 0. The van der Waals surface area contributed by atoms with Crippen molar-refractivity contribution >= 4 is 11.8 Å². The third-order valence-electron chi connectivity index (χ3n) is 2.78. The summed E-state index contributed by atoms with van der Waals surface area (Å²) < 4.78 is 26.1. The largest absolute Gasteiger partial charge is 0.478 e. The molecule has 1 N–H and O–H groups in total. The van der Waals surface area contributed by atoms with E-state index in [9.17, 15) is 18.4 Å². The van der Waals surface area contributed by atoms with E-state index in [0.29, 0.717) is 11.6 Å². The van der Waals surface area contributed by atoms with Crippen LogP contribution < -0.4 is 0 Å². The standard InChI is InChI=1S/C15H10F2O3/c16-11-5-10(6-12(17)8-11)14(18)7-9-3-1-2-4-13(9)15(19)20/h1-6,8H,7H2,(H,19,20). The fraction of sp³-hybridized carbons (Fsp3) is 0.0667. The van der Waals surface area contributed by atoms with E-state index in [-0.39, 0.29) is 17.5 Å². The summed E-state index contributed by atoms with van der Waals surface area (Å²) in [5.41, 5.74) is 0.176. The maximum Gasteiger partial charge on any atom is 0.335 e. The Morgan fingerprint density at radius 2 is 1.60 bits per heavy atom. The van der Waals surface area contributed by atoms with Crippen LogP contribution in [0, 0.1) is 11.6 Å².